The number of benzene rings is 2. The quantitative estimate of drug-likeness (QED) is 0.453. The summed E-state index contributed by atoms with van der Waals surface area (Å²) in [6.07, 6.45) is 1.52. The maximum Gasteiger partial charge on any atom is 0.363 e. The third-order valence-corrected chi connectivity index (χ3v) is 3.97. The molecule has 1 heterocycles. The third-order valence-electron chi connectivity index (χ3n) is 3.69. The Labute approximate surface area is 161 Å². The van der Waals surface area contributed by atoms with E-state index in [1.165, 1.54) is 20.1 Å². The van der Waals surface area contributed by atoms with Crippen molar-refractivity contribution in [3.8, 4) is 11.5 Å². The molecule has 138 valence electrons. The number of cyclic esters (lactones) is 1. The van der Waals surface area contributed by atoms with E-state index in [-0.39, 0.29) is 28.1 Å². The van der Waals surface area contributed by atoms with Crippen LogP contribution in [-0.4, -0.2) is 24.9 Å². The highest BCUT2D eigenvalue weighted by molar-refractivity contribution is 6.32. The second-order valence-corrected chi connectivity index (χ2v) is 6.24. The molecule has 0 N–H and O–H groups in total. The number of halogens is 1. The minimum absolute atomic E-state index is 0.117. The molecule has 1 aliphatic rings. The molecule has 0 amide bonds. The van der Waals surface area contributed by atoms with Crippen LogP contribution in [0.4, 0.5) is 0 Å². The van der Waals surface area contributed by atoms with Crippen molar-refractivity contribution >= 4 is 35.5 Å². The molecule has 0 saturated heterocycles. The minimum Gasteiger partial charge on any atom is -0.493 e. The van der Waals surface area contributed by atoms with Gasteiger partial charge in [0.05, 0.1) is 12.1 Å². The molecule has 0 fully saturated rings. The van der Waals surface area contributed by atoms with Crippen molar-refractivity contribution < 1.29 is 23.8 Å². The summed E-state index contributed by atoms with van der Waals surface area (Å²) in [7, 11) is 1.42. The van der Waals surface area contributed by atoms with Gasteiger partial charge in [0.1, 0.15) is 0 Å². The molecule has 7 heteroatoms. The standard InChI is InChI=1S/C20H16ClNO5/c1-11-5-4-6-14(7-11)19-22-16(20(24)27-19)9-13-8-15(21)18(26-12(2)23)17(10-13)25-3/h4-10H,1-3H3. The molecular formula is C20H16ClNO5. The van der Waals surface area contributed by atoms with Crippen LogP contribution in [0.2, 0.25) is 5.02 Å². The first-order chi connectivity index (χ1) is 12.9. The Morgan fingerprint density at radius 2 is 2.04 bits per heavy atom. The highest BCUT2D eigenvalue weighted by Crippen LogP contribution is 2.37. The van der Waals surface area contributed by atoms with Gasteiger partial charge in [-0.15, -0.1) is 0 Å². The van der Waals surface area contributed by atoms with Crippen LogP contribution in [0.15, 0.2) is 47.1 Å². The lowest BCUT2D eigenvalue weighted by atomic mass is 10.1. The van der Waals surface area contributed by atoms with Gasteiger partial charge in [-0.05, 0) is 42.8 Å². The molecule has 0 aliphatic carbocycles. The van der Waals surface area contributed by atoms with Crippen molar-refractivity contribution in [1.82, 2.24) is 0 Å². The van der Waals surface area contributed by atoms with Crippen LogP contribution in [0.3, 0.4) is 0 Å². The minimum atomic E-state index is -0.564. The van der Waals surface area contributed by atoms with Crippen molar-refractivity contribution in [2.24, 2.45) is 4.99 Å². The summed E-state index contributed by atoms with van der Waals surface area (Å²) in [5.74, 6) is -0.464. The normalized spacial score (nSPS) is 14.7. The summed E-state index contributed by atoms with van der Waals surface area (Å²) in [5.41, 5.74) is 2.42. The number of ether oxygens (including phenoxy) is 3. The van der Waals surface area contributed by atoms with Gasteiger partial charge in [0.15, 0.2) is 17.2 Å². The van der Waals surface area contributed by atoms with Gasteiger partial charge in [0.25, 0.3) is 0 Å². The molecule has 0 saturated carbocycles. The first-order valence-corrected chi connectivity index (χ1v) is 8.40. The summed E-state index contributed by atoms with van der Waals surface area (Å²) in [5, 5.41) is 0.172. The van der Waals surface area contributed by atoms with Crippen LogP contribution >= 0.6 is 11.6 Å². The van der Waals surface area contributed by atoms with Crippen molar-refractivity contribution in [3.63, 3.8) is 0 Å². The molecule has 0 aromatic heterocycles. The number of methoxy groups -OCH3 is 1. The molecule has 6 nitrogen and oxygen atoms in total. The highest BCUT2D eigenvalue weighted by atomic mass is 35.5. The number of rotatable bonds is 4. The van der Waals surface area contributed by atoms with Gasteiger partial charge >= 0.3 is 11.9 Å². The molecular weight excluding hydrogens is 370 g/mol. The van der Waals surface area contributed by atoms with E-state index in [0.29, 0.717) is 11.1 Å². The number of nitrogens with zero attached hydrogens (tertiary/aromatic N) is 1. The number of aliphatic imine (C=N–C) groups is 1. The van der Waals surface area contributed by atoms with E-state index in [4.69, 9.17) is 25.8 Å². The van der Waals surface area contributed by atoms with Crippen molar-refractivity contribution in [3.05, 3.63) is 63.8 Å². The van der Waals surface area contributed by atoms with E-state index in [9.17, 15) is 9.59 Å². The van der Waals surface area contributed by atoms with Crippen molar-refractivity contribution in [2.45, 2.75) is 13.8 Å². The van der Waals surface area contributed by atoms with E-state index < -0.39 is 11.9 Å². The fourth-order valence-electron chi connectivity index (χ4n) is 2.53. The van der Waals surface area contributed by atoms with Crippen LogP contribution in [0, 0.1) is 6.92 Å². The van der Waals surface area contributed by atoms with Gasteiger partial charge in [-0.25, -0.2) is 9.79 Å². The Kier molecular flexibility index (Phi) is 5.28. The SMILES string of the molecule is COc1cc(C=C2N=C(c3cccc(C)c3)OC2=O)cc(Cl)c1OC(C)=O. The number of aryl methyl sites for hydroxylation is 1. The second-order valence-electron chi connectivity index (χ2n) is 5.83. The van der Waals surface area contributed by atoms with Gasteiger partial charge in [-0.1, -0.05) is 29.3 Å². The predicted octanol–water partition coefficient (Wildman–Crippen LogP) is 3.93. The zero-order valence-electron chi connectivity index (χ0n) is 14.9. The zero-order valence-corrected chi connectivity index (χ0v) is 15.7. The van der Waals surface area contributed by atoms with E-state index in [2.05, 4.69) is 4.99 Å². The predicted molar refractivity (Wildman–Crippen MR) is 101 cm³/mol. The van der Waals surface area contributed by atoms with Crippen LogP contribution in [-0.2, 0) is 14.3 Å². The summed E-state index contributed by atoms with van der Waals surface area (Å²) in [6.45, 7) is 3.21. The number of carbonyl (C=O) groups excluding carboxylic acids is 2. The molecule has 1 aliphatic heterocycles. The lowest BCUT2D eigenvalue weighted by Gasteiger charge is -2.10. The first kappa shape index (κ1) is 18.7. The fourth-order valence-corrected chi connectivity index (χ4v) is 2.79. The molecule has 0 bridgehead atoms. The number of esters is 2. The number of hydrogen-bond donors (Lipinski definition) is 0. The van der Waals surface area contributed by atoms with Gasteiger partial charge in [0, 0.05) is 12.5 Å². The second kappa shape index (κ2) is 7.63. The average Bonchev–Trinajstić information content (AvgIpc) is 2.97. The third kappa shape index (κ3) is 4.17. The topological polar surface area (TPSA) is 74.2 Å². The van der Waals surface area contributed by atoms with Crippen LogP contribution in [0.1, 0.15) is 23.6 Å². The fraction of sp³-hybridized carbons (Fsp3) is 0.150. The van der Waals surface area contributed by atoms with Gasteiger partial charge in [-0.2, -0.15) is 0 Å². The van der Waals surface area contributed by atoms with Crippen LogP contribution in [0.25, 0.3) is 6.08 Å². The molecule has 0 unspecified atom stereocenters. The molecule has 2 aromatic rings. The van der Waals surface area contributed by atoms with Gasteiger partial charge in [0.2, 0.25) is 5.90 Å². The first-order valence-electron chi connectivity index (χ1n) is 8.03. The van der Waals surface area contributed by atoms with E-state index in [1.54, 1.807) is 12.1 Å². The smallest absolute Gasteiger partial charge is 0.363 e. The van der Waals surface area contributed by atoms with E-state index in [0.717, 1.165) is 5.56 Å². The number of carbonyl (C=O) groups is 2. The van der Waals surface area contributed by atoms with Gasteiger partial charge < -0.3 is 14.2 Å². The zero-order chi connectivity index (χ0) is 19.6. The maximum absolute atomic E-state index is 12.2. The van der Waals surface area contributed by atoms with Gasteiger partial charge in [-0.3, -0.25) is 4.79 Å². The summed E-state index contributed by atoms with van der Waals surface area (Å²) < 4.78 is 15.5. The van der Waals surface area contributed by atoms with Crippen LogP contribution in [0.5, 0.6) is 11.5 Å². The van der Waals surface area contributed by atoms with E-state index in [1.807, 2.05) is 31.2 Å². The number of hydrogen-bond acceptors (Lipinski definition) is 6. The molecule has 27 heavy (non-hydrogen) atoms. The molecule has 0 spiro atoms. The monoisotopic (exact) mass is 385 g/mol. The van der Waals surface area contributed by atoms with Crippen LogP contribution < -0.4 is 9.47 Å². The Morgan fingerprint density at radius 3 is 2.70 bits per heavy atom. The van der Waals surface area contributed by atoms with Crippen molar-refractivity contribution in [1.29, 1.82) is 0 Å². The molecule has 0 atom stereocenters. The largest absolute Gasteiger partial charge is 0.493 e. The Hall–Kier alpha value is -3.12. The van der Waals surface area contributed by atoms with Crippen molar-refractivity contribution in [2.75, 3.05) is 7.11 Å². The Morgan fingerprint density at radius 1 is 1.26 bits per heavy atom. The maximum atomic E-state index is 12.2. The summed E-state index contributed by atoms with van der Waals surface area (Å²) in [4.78, 5) is 27.6. The highest BCUT2D eigenvalue weighted by Gasteiger charge is 2.24. The van der Waals surface area contributed by atoms with E-state index >= 15 is 0 Å². The Bertz CT molecular complexity index is 994. The Balaban J connectivity index is 1.97. The molecule has 2 aromatic carbocycles. The molecule has 0 radical (unpaired) electrons. The lowest BCUT2D eigenvalue weighted by molar-refractivity contribution is -0.132. The summed E-state index contributed by atoms with van der Waals surface area (Å²) >= 11 is 6.18. The average molecular weight is 386 g/mol. The summed E-state index contributed by atoms with van der Waals surface area (Å²) in [6, 6.07) is 10.6. The molecule has 3 rings (SSSR count). The lowest BCUT2D eigenvalue weighted by Crippen LogP contribution is -2.05.